The lowest BCUT2D eigenvalue weighted by atomic mass is 10.3. The average molecular weight is 290 g/mol. The Hall–Kier alpha value is -2.38. The number of ether oxygens (including phenoxy) is 1. The molecule has 0 aliphatic heterocycles. The van der Waals surface area contributed by atoms with Gasteiger partial charge < -0.3 is 20.9 Å². The monoisotopic (exact) mass is 290 g/mol. The minimum atomic E-state index is -0.463. The number of para-hydroxylation sites is 2. The molecule has 0 saturated heterocycles. The molecular formula is C14H18N4O3. The van der Waals surface area contributed by atoms with Gasteiger partial charge in [0.05, 0.1) is 30.6 Å². The third-order valence-corrected chi connectivity index (χ3v) is 2.93. The second-order valence-corrected chi connectivity index (χ2v) is 4.51. The molecule has 7 heteroatoms. The van der Waals surface area contributed by atoms with Crippen molar-refractivity contribution in [3.63, 3.8) is 0 Å². The maximum absolute atomic E-state index is 12.0. The van der Waals surface area contributed by atoms with Gasteiger partial charge in [0, 0.05) is 13.3 Å². The quantitative estimate of drug-likeness (QED) is 0.659. The third kappa shape index (κ3) is 3.59. The number of carbonyl (C=O) groups is 1. The molecule has 1 aromatic carbocycles. The molecule has 0 radical (unpaired) electrons. The summed E-state index contributed by atoms with van der Waals surface area (Å²) in [6.45, 7) is 0.0283. The van der Waals surface area contributed by atoms with Gasteiger partial charge in [-0.15, -0.1) is 0 Å². The number of rotatable bonds is 6. The minimum absolute atomic E-state index is 0.202. The Morgan fingerprint density at radius 1 is 1.48 bits per heavy atom. The fourth-order valence-electron chi connectivity index (χ4n) is 1.88. The van der Waals surface area contributed by atoms with E-state index in [0.29, 0.717) is 11.4 Å². The summed E-state index contributed by atoms with van der Waals surface area (Å²) >= 11 is 0. The Morgan fingerprint density at radius 2 is 2.24 bits per heavy atom. The highest BCUT2D eigenvalue weighted by molar-refractivity contribution is 5.92. The molecular weight excluding hydrogens is 272 g/mol. The molecule has 2 aromatic rings. The summed E-state index contributed by atoms with van der Waals surface area (Å²) in [4.78, 5) is 12.0. The van der Waals surface area contributed by atoms with E-state index in [2.05, 4.69) is 10.4 Å². The van der Waals surface area contributed by atoms with Gasteiger partial charge in [-0.1, -0.05) is 12.1 Å². The fourth-order valence-corrected chi connectivity index (χ4v) is 1.88. The molecule has 1 unspecified atom stereocenters. The van der Waals surface area contributed by atoms with Crippen molar-refractivity contribution in [2.75, 3.05) is 26.1 Å². The molecule has 1 amide bonds. The molecule has 0 aliphatic rings. The first-order valence-electron chi connectivity index (χ1n) is 6.47. The number of anilines is 1. The lowest BCUT2D eigenvalue weighted by Gasteiger charge is -2.14. The normalized spacial score (nSPS) is 12.1. The fraction of sp³-hybridized carbons (Fsp3) is 0.286. The summed E-state index contributed by atoms with van der Waals surface area (Å²) in [7, 11) is 1.50. The zero-order chi connectivity index (χ0) is 15.2. The van der Waals surface area contributed by atoms with Gasteiger partial charge in [0.15, 0.2) is 5.69 Å². The van der Waals surface area contributed by atoms with Crippen molar-refractivity contribution >= 4 is 11.6 Å². The van der Waals surface area contributed by atoms with Crippen molar-refractivity contribution in [3.8, 4) is 5.69 Å². The van der Waals surface area contributed by atoms with Crippen LogP contribution in [0.5, 0.6) is 0 Å². The van der Waals surface area contributed by atoms with Gasteiger partial charge in [0.2, 0.25) is 0 Å². The number of nitrogens with one attached hydrogen (secondary N) is 1. The Balaban J connectivity index is 2.13. The van der Waals surface area contributed by atoms with Crippen LogP contribution in [0, 0.1) is 0 Å². The molecule has 2 rings (SSSR count). The number of benzene rings is 1. The zero-order valence-electron chi connectivity index (χ0n) is 11.7. The van der Waals surface area contributed by atoms with Gasteiger partial charge in [-0.2, -0.15) is 5.10 Å². The summed E-state index contributed by atoms with van der Waals surface area (Å²) in [6.07, 6.45) is 1.66. The van der Waals surface area contributed by atoms with Crippen molar-refractivity contribution in [2.45, 2.75) is 6.04 Å². The summed E-state index contributed by atoms with van der Waals surface area (Å²) < 4.78 is 6.44. The van der Waals surface area contributed by atoms with Crippen LogP contribution in [0.15, 0.2) is 36.5 Å². The molecule has 1 atom stereocenters. The number of hydrogen-bond acceptors (Lipinski definition) is 5. The maximum atomic E-state index is 12.0. The largest absolute Gasteiger partial charge is 0.397 e. The molecule has 0 spiro atoms. The number of amides is 1. The third-order valence-electron chi connectivity index (χ3n) is 2.93. The number of aromatic nitrogens is 2. The number of nitrogens with two attached hydrogens (primary N) is 1. The molecule has 0 fully saturated rings. The molecule has 4 N–H and O–H groups in total. The van der Waals surface area contributed by atoms with Gasteiger partial charge >= 0.3 is 0 Å². The highest BCUT2D eigenvalue weighted by atomic mass is 16.5. The first-order chi connectivity index (χ1) is 10.2. The van der Waals surface area contributed by atoms with Crippen LogP contribution < -0.4 is 11.1 Å². The number of aliphatic hydroxyl groups excluding tert-OH is 1. The summed E-state index contributed by atoms with van der Waals surface area (Å²) in [5.41, 5.74) is 7.38. The van der Waals surface area contributed by atoms with Crippen LogP contribution in [0.2, 0.25) is 0 Å². The van der Waals surface area contributed by atoms with Crippen molar-refractivity contribution in [2.24, 2.45) is 0 Å². The van der Waals surface area contributed by atoms with E-state index in [0.717, 1.165) is 0 Å². The van der Waals surface area contributed by atoms with E-state index in [1.54, 1.807) is 18.3 Å². The van der Waals surface area contributed by atoms with Crippen LogP contribution >= 0.6 is 0 Å². The molecule has 0 bridgehead atoms. The number of nitrogen functional groups attached to an aromatic ring is 1. The average Bonchev–Trinajstić information content (AvgIpc) is 2.97. The van der Waals surface area contributed by atoms with Crippen LogP contribution in [0.1, 0.15) is 10.5 Å². The lowest BCUT2D eigenvalue weighted by molar-refractivity contribution is 0.0834. The van der Waals surface area contributed by atoms with Crippen LogP contribution in [0.3, 0.4) is 0 Å². The van der Waals surface area contributed by atoms with Gasteiger partial charge in [0.25, 0.3) is 5.91 Å². The maximum Gasteiger partial charge on any atom is 0.272 e. The lowest BCUT2D eigenvalue weighted by Crippen LogP contribution is -2.40. The van der Waals surface area contributed by atoms with E-state index in [-0.39, 0.29) is 24.8 Å². The molecule has 7 nitrogen and oxygen atoms in total. The second-order valence-electron chi connectivity index (χ2n) is 4.51. The number of aliphatic hydroxyl groups is 1. The molecule has 21 heavy (non-hydrogen) atoms. The topological polar surface area (TPSA) is 102 Å². The molecule has 112 valence electrons. The van der Waals surface area contributed by atoms with Gasteiger partial charge in [-0.3, -0.25) is 4.79 Å². The number of carbonyl (C=O) groups excluding carboxylic acids is 1. The molecule has 0 saturated carbocycles. The van der Waals surface area contributed by atoms with Crippen molar-refractivity contribution in [1.29, 1.82) is 0 Å². The van der Waals surface area contributed by atoms with E-state index in [1.165, 1.54) is 11.8 Å². The standard InChI is InChI=1S/C14H18N4O3/c1-21-9-10(8-19)16-14(20)12-6-7-18(17-12)13-5-3-2-4-11(13)15/h2-7,10,19H,8-9,15H2,1H3,(H,16,20). The number of methoxy groups -OCH3 is 1. The van der Waals surface area contributed by atoms with Gasteiger partial charge in [-0.05, 0) is 18.2 Å². The Morgan fingerprint density at radius 3 is 2.90 bits per heavy atom. The van der Waals surface area contributed by atoms with Crippen LogP contribution in [0.4, 0.5) is 5.69 Å². The SMILES string of the molecule is COCC(CO)NC(=O)c1ccn(-c2ccccc2N)n1. The first kappa shape index (κ1) is 15.0. The van der Waals surface area contributed by atoms with E-state index in [1.807, 2.05) is 18.2 Å². The number of nitrogens with zero attached hydrogens (tertiary/aromatic N) is 2. The van der Waals surface area contributed by atoms with Crippen LogP contribution in [0.25, 0.3) is 5.69 Å². The van der Waals surface area contributed by atoms with E-state index >= 15 is 0 Å². The van der Waals surface area contributed by atoms with Gasteiger partial charge in [-0.25, -0.2) is 4.68 Å². The first-order valence-corrected chi connectivity index (χ1v) is 6.47. The van der Waals surface area contributed by atoms with Crippen molar-refractivity contribution < 1.29 is 14.6 Å². The second kappa shape index (κ2) is 6.87. The predicted molar refractivity (Wildman–Crippen MR) is 78.2 cm³/mol. The summed E-state index contributed by atoms with van der Waals surface area (Å²) in [5.74, 6) is -0.376. The highest BCUT2D eigenvalue weighted by Crippen LogP contribution is 2.15. The van der Waals surface area contributed by atoms with Crippen LogP contribution in [-0.2, 0) is 4.74 Å². The Bertz CT molecular complexity index is 612. The van der Waals surface area contributed by atoms with Crippen molar-refractivity contribution in [3.05, 3.63) is 42.2 Å². The molecule has 1 heterocycles. The van der Waals surface area contributed by atoms with E-state index < -0.39 is 6.04 Å². The zero-order valence-corrected chi connectivity index (χ0v) is 11.7. The Kier molecular flexibility index (Phi) is 4.91. The molecule has 0 aliphatic carbocycles. The van der Waals surface area contributed by atoms with E-state index in [9.17, 15) is 4.79 Å². The van der Waals surface area contributed by atoms with E-state index in [4.69, 9.17) is 15.6 Å². The predicted octanol–water partition coefficient (Wildman–Crippen LogP) is 0.192. The van der Waals surface area contributed by atoms with Crippen molar-refractivity contribution in [1.82, 2.24) is 15.1 Å². The summed E-state index contributed by atoms with van der Waals surface area (Å²) in [5, 5.41) is 16.0. The van der Waals surface area contributed by atoms with Crippen LogP contribution in [-0.4, -0.2) is 47.2 Å². The minimum Gasteiger partial charge on any atom is -0.397 e. The Labute approximate surface area is 122 Å². The number of hydrogen-bond donors (Lipinski definition) is 3. The smallest absolute Gasteiger partial charge is 0.272 e. The molecule has 1 aromatic heterocycles. The summed E-state index contributed by atoms with van der Waals surface area (Å²) in [6, 6.07) is 8.36. The van der Waals surface area contributed by atoms with Gasteiger partial charge in [0.1, 0.15) is 0 Å². The highest BCUT2D eigenvalue weighted by Gasteiger charge is 2.15.